The molecule has 1 saturated heterocycles. The van der Waals surface area contributed by atoms with Crippen molar-refractivity contribution in [2.24, 2.45) is 0 Å². The van der Waals surface area contributed by atoms with Crippen LogP contribution in [0.25, 0.3) is 11.4 Å². The molecule has 5 rings (SSSR count). The first-order valence-corrected chi connectivity index (χ1v) is 14.0. The molecule has 41 heavy (non-hydrogen) atoms. The number of carbonyl (C=O) groups excluding carboxylic acids is 1. The molecule has 214 valence electrons. The lowest BCUT2D eigenvalue weighted by molar-refractivity contribution is 0.0940. The van der Waals surface area contributed by atoms with Gasteiger partial charge in [0.2, 0.25) is 0 Å². The number of aromatic nitrogens is 4. The summed E-state index contributed by atoms with van der Waals surface area (Å²) in [5.74, 6) is 2.07. The number of benzene rings is 2. The zero-order valence-corrected chi connectivity index (χ0v) is 23.5. The molecule has 3 heterocycles. The van der Waals surface area contributed by atoms with Gasteiger partial charge in [0, 0.05) is 49.3 Å². The SMILES string of the molecule is COCCCOc1ccc([C@@H](C)NC(=O)c2cccc(NC3(c4nc(-c5ccncc5)n[nH]4)CCNCC3)c2)cc1. The molecule has 1 atom stereocenters. The van der Waals surface area contributed by atoms with Crippen molar-refractivity contribution in [2.75, 3.05) is 38.7 Å². The van der Waals surface area contributed by atoms with Gasteiger partial charge in [0.15, 0.2) is 11.6 Å². The van der Waals surface area contributed by atoms with E-state index in [0.29, 0.717) is 24.6 Å². The second-order valence-electron chi connectivity index (χ2n) is 10.2. The highest BCUT2D eigenvalue weighted by Gasteiger charge is 2.37. The van der Waals surface area contributed by atoms with E-state index in [1.54, 1.807) is 19.5 Å². The Morgan fingerprint density at radius 1 is 1.05 bits per heavy atom. The zero-order valence-electron chi connectivity index (χ0n) is 23.5. The van der Waals surface area contributed by atoms with Gasteiger partial charge in [-0.2, -0.15) is 5.10 Å². The van der Waals surface area contributed by atoms with Crippen molar-refractivity contribution < 1.29 is 14.3 Å². The van der Waals surface area contributed by atoms with Crippen LogP contribution in [0.4, 0.5) is 5.69 Å². The van der Waals surface area contributed by atoms with E-state index >= 15 is 0 Å². The summed E-state index contributed by atoms with van der Waals surface area (Å²) in [6, 6.07) is 19.0. The van der Waals surface area contributed by atoms with Crippen molar-refractivity contribution in [3.05, 3.63) is 90.0 Å². The Hall–Kier alpha value is -4.28. The van der Waals surface area contributed by atoms with Crippen LogP contribution in [0.2, 0.25) is 0 Å². The molecule has 1 amide bonds. The number of pyridine rings is 1. The van der Waals surface area contributed by atoms with Crippen LogP contribution < -0.4 is 20.7 Å². The van der Waals surface area contributed by atoms with Crippen LogP contribution in [0.5, 0.6) is 5.75 Å². The summed E-state index contributed by atoms with van der Waals surface area (Å²) >= 11 is 0. The molecule has 4 N–H and O–H groups in total. The number of H-pyrrole nitrogens is 1. The van der Waals surface area contributed by atoms with E-state index in [1.165, 1.54) is 0 Å². The molecule has 4 aromatic rings. The molecular formula is C31H37N7O3. The first-order chi connectivity index (χ1) is 20.1. The van der Waals surface area contributed by atoms with Gasteiger partial charge in [0.05, 0.1) is 18.2 Å². The van der Waals surface area contributed by atoms with Crippen molar-refractivity contribution >= 4 is 11.6 Å². The fourth-order valence-electron chi connectivity index (χ4n) is 5.00. The monoisotopic (exact) mass is 555 g/mol. The molecule has 2 aromatic heterocycles. The van der Waals surface area contributed by atoms with Crippen LogP contribution in [0.1, 0.15) is 54.0 Å². The van der Waals surface area contributed by atoms with E-state index in [0.717, 1.165) is 60.7 Å². The number of nitrogens with one attached hydrogen (secondary N) is 4. The lowest BCUT2D eigenvalue weighted by atomic mass is 9.87. The minimum atomic E-state index is -0.445. The van der Waals surface area contributed by atoms with Crippen LogP contribution in [-0.4, -0.2) is 59.5 Å². The predicted molar refractivity (Wildman–Crippen MR) is 158 cm³/mol. The van der Waals surface area contributed by atoms with Gasteiger partial charge >= 0.3 is 0 Å². The largest absolute Gasteiger partial charge is 0.494 e. The Kier molecular flexibility index (Phi) is 9.22. The number of ether oxygens (including phenoxy) is 2. The average molecular weight is 556 g/mol. The predicted octanol–water partition coefficient (Wildman–Crippen LogP) is 4.46. The molecular weight excluding hydrogens is 518 g/mol. The highest BCUT2D eigenvalue weighted by atomic mass is 16.5. The summed E-state index contributed by atoms with van der Waals surface area (Å²) in [6.07, 6.45) is 5.93. The molecule has 10 heteroatoms. The van der Waals surface area contributed by atoms with E-state index < -0.39 is 5.54 Å². The number of carbonyl (C=O) groups is 1. The van der Waals surface area contributed by atoms with Gasteiger partial charge in [-0.3, -0.25) is 14.9 Å². The first-order valence-electron chi connectivity index (χ1n) is 14.0. The van der Waals surface area contributed by atoms with Crippen molar-refractivity contribution in [3.63, 3.8) is 0 Å². The number of hydrogen-bond acceptors (Lipinski definition) is 8. The number of nitrogens with zero attached hydrogens (tertiary/aromatic N) is 3. The standard InChI is InChI=1S/C31H37N7O3/c1-22(23-7-9-27(10-8-23)41-20-4-19-40-2)34-29(39)25-5-3-6-26(21-25)36-31(13-17-33-18-14-31)30-35-28(37-38-30)24-11-15-32-16-12-24/h3,5-12,15-16,21-22,33,36H,4,13-14,17-20H2,1-2H3,(H,34,39)(H,35,37,38)/t22-/m1/s1. The summed E-state index contributed by atoms with van der Waals surface area (Å²) < 4.78 is 10.8. The Morgan fingerprint density at radius 3 is 2.59 bits per heavy atom. The van der Waals surface area contributed by atoms with Gasteiger partial charge < -0.3 is 25.4 Å². The molecule has 1 fully saturated rings. The second-order valence-corrected chi connectivity index (χ2v) is 10.2. The summed E-state index contributed by atoms with van der Waals surface area (Å²) in [6.45, 7) is 4.93. The minimum absolute atomic E-state index is 0.139. The smallest absolute Gasteiger partial charge is 0.251 e. The van der Waals surface area contributed by atoms with E-state index in [1.807, 2.05) is 67.6 Å². The van der Waals surface area contributed by atoms with Crippen LogP contribution in [0, 0.1) is 0 Å². The summed E-state index contributed by atoms with van der Waals surface area (Å²) in [4.78, 5) is 22.2. The highest BCUT2D eigenvalue weighted by molar-refractivity contribution is 5.95. The van der Waals surface area contributed by atoms with Crippen molar-refractivity contribution in [2.45, 2.75) is 37.8 Å². The van der Waals surface area contributed by atoms with Crippen molar-refractivity contribution in [1.82, 2.24) is 30.8 Å². The van der Waals surface area contributed by atoms with Crippen molar-refractivity contribution in [3.8, 4) is 17.1 Å². The van der Waals surface area contributed by atoms with Crippen LogP contribution in [0.3, 0.4) is 0 Å². The molecule has 0 bridgehead atoms. The zero-order chi connectivity index (χ0) is 28.5. The van der Waals surface area contributed by atoms with Gasteiger partial charge in [0.25, 0.3) is 5.91 Å². The van der Waals surface area contributed by atoms with E-state index in [2.05, 4.69) is 31.1 Å². The maximum Gasteiger partial charge on any atom is 0.251 e. The third-order valence-corrected chi connectivity index (χ3v) is 7.33. The molecule has 10 nitrogen and oxygen atoms in total. The Morgan fingerprint density at radius 2 is 1.83 bits per heavy atom. The van der Waals surface area contributed by atoms with E-state index in [9.17, 15) is 4.79 Å². The summed E-state index contributed by atoms with van der Waals surface area (Å²) in [5, 5.41) is 17.9. The molecule has 0 aliphatic carbocycles. The molecule has 0 radical (unpaired) electrons. The summed E-state index contributed by atoms with van der Waals surface area (Å²) in [5.41, 5.74) is 2.90. The first kappa shape index (κ1) is 28.3. The van der Waals surface area contributed by atoms with E-state index in [4.69, 9.17) is 14.5 Å². The minimum Gasteiger partial charge on any atom is -0.494 e. The second kappa shape index (κ2) is 13.4. The Labute approximate surface area is 240 Å². The maximum atomic E-state index is 13.2. The van der Waals surface area contributed by atoms with Gasteiger partial charge in [-0.25, -0.2) is 4.98 Å². The van der Waals surface area contributed by atoms with Gasteiger partial charge in [0.1, 0.15) is 5.75 Å². The third kappa shape index (κ3) is 7.08. The molecule has 0 unspecified atom stereocenters. The highest BCUT2D eigenvalue weighted by Crippen LogP contribution is 2.34. The van der Waals surface area contributed by atoms with Crippen LogP contribution >= 0.6 is 0 Å². The maximum absolute atomic E-state index is 13.2. The number of piperidine rings is 1. The molecule has 0 saturated carbocycles. The Bertz CT molecular complexity index is 1400. The van der Waals surface area contributed by atoms with Crippen LogP contribution in [-0.2, 0) is 10.3 Å². The molecule has 2 aromatic carbocycles. The number of anilines is 1. The molecule has 1 aliphatic rings. The number of aromatic amines is 1. The third-order valence-electron chi connectivity index (χ3n) is 7.33. The topological polar surface area (TPSA) is 126 Å². The van der Waals surface area contributed by atoms with Gasteiger partial charge in [-0.05, 0) is 80.9 Å². The van der Waals surface area contributed by atoms with Gasteiger partial charge in [-0.1, -0.05) is 18.2 Å². The molecule has 1 aliphatic heterocycles. The molecule has 0 spiro atoms. The Balaban J connectivity index is 1.26. The number of hydrogen-bond donors (Lipinski definition) is 4. The quantitative estimate of drug-likeness (QED) is 0.189. The fraction of sp³-hybridized carbons (Fsp3) is 0.355. The lowest BCUT2D eigenvalue weighted by Gasteiger charge is -2.37. The summed E-state index contributed by atoms with van der Waals surface area (Å²) in [7, 11) is 1.68. The normalized spacial score (nSPS) is 15.2. The van der Waals surface area contributed by atoms with Gasteiger partial charge in [-0.15, -0.1) is 0 Å². The number of amides is 1. The van der Waals surface area contributed by atoms with Crippen LogP contribution in [0.15, 0.2) is 73.1 Å². The van der Waals surface area contributed by atoms with E-state index in [-0.39, 0.29) is 11.9 Å². The number of methoxy groups -OCH3 is 1. The fourth-order valence-corrected chi connectivity index (χ4v) is 5.00. The lowest BCUT2D eigenvalue weighted by Crippen LogP contribution is -2.46. The average Bonchev–Trinajstić information content (AvgIpc) is 3.52. The number of rotatable bonds is 12. The van der Waals surface area contributed by atoms with Crippen molar-refractivity contribution in [1.29, 1.82) is 0 Å².